The van der Waals surface area contributed by atoms with E-state index in [1.54, 1.807) is 18.5 Å². The summed E-state index contributed by atoms with van der Waals surface area (Å²) in [5.74, 6) is -0.987. The van der Waals surface area contributed by atoms with Gasteiger partial charge in [0.25, 0.3) is 5.95 Å². The zero-order chi connectivity index (χ0) is 15.0. The van der Waals surface area contributed by atoms with Crippen LogP contribution < -0.4 is 0 Å². The minimum absolute atomic E-state index is 0.479. The molecule has 1 unspecified atom stereocenters. The molecule has 0 amide bonds. The Bertz CT molecular complexity index is 656. The highest BCUT2D eigenvalue weighted by Crippen LogP contribution is 2.24. The lowest BCUT2D eigenvalue weighted by Crippen LogP contribution is -2.11. The molecule has 2 aromatic heterocycles. The summed E-state index contributed by atoms with van der Waals surface area (Å²) in [6, 6.07) is 1.88. The molecule has 2 heterocycles. The maximum absolute atomic E-state index is 11.2. The Balaban J connectivity index is 2.59. The molecule has 20 heavy (non-hydrogen) atoms. The number of carboxylic acid groups (broad SMARTS) is 1. The predicted molar refractivity (Wildman–Crippen MR) is 74.2 cm³/mol. The van der Waals surface area contributed by atoms with Gasteiger partial charge in [0.1, 0.15) is 0 Å². The third kappa shape index (κ3) is 2.41. The van der Waals surface area contributed by atoms with Gasteiger partial charge in [0.15, 0.2) is 0 Å². The molecular weight excluding hydrogens is 256 g/mol. The third-order valence-electron chi connectivity index (χ3n) is 3.31. The maximum atomic E-state index is 11.2. The van der Waals surface area contributed by atoms with E-state index in [9.17, 15) is 9.90 Å². The fraction of sp³-hybridized carbons (Fsp3) is 0.429. The van der Waals surface area contributed by atoms with Gasteiger partial charge in [-0.25, -0.2) is 14.6 Å². The van der Waals surface area contributed by atoms with Gasteiger partial charge in [0, 0.05) is 22.6 Å². The van der Waals surface area contributed by atoms with Crippen molar-refractivity contribution in [2.45, 2.75) is 40.5 Å². The van der Waals surface area contributed by atoms with Crippen LogP contribution in [0.2, 0.25) is 0 Å². The highest BCUT2D eigenvalue weighted by Gasteiger charge is 2.24. The van der Waals surface area contributed by atoms with E-state index >= 15 is 0 Å². The number of nitrogens with zero attached hydrogens (tertiary/aromatic N) is 4. The Kier molecular flexibility index (Phi) is 3.57. The molecule has 106 valence electrons. The van der Waals surface area contributed by atoms with Crippen LogP contribution in [0, 0.1) is 27.7 Å². The highest BCUT2D eigenvalue weighted by molar-refractivity contribution is 5.76. The van der Waals surface area contributed by atoms with Crippen molar-refractivity contribution in [1.82, 2.24) is 19.7 Å². The molecular formula is C14H18N4O2. The second kappa shape index (κ2) is 5.03. The van der Waals surface area contributed by atoms with Crippen molar-refractivity contribution >= 4 is 5.97 Å². The molecule has 1 atom stereocenters. The number of aromatic nitrogens is 4. The number of aliphatic carboxylic acids is 1. The van der Waals surface area contributed by atoms with Crippen molar-refractivity contribution < 1.29 is 9.90 Å². The summed E-state index contributed by atoms with van der Waals surface area (Å²) >= 11 is 0. The molecule has 0 aliphatic carbocycles. The van der Waals surface area contributed by atoms with Gasteiger partial charge in [-0.3, -0.25) is 4.79 Å². The summed E-state index contributed by atoms with van der Waals surface area (Å²) in [5, 5.41) is 13.6. The van der Waals surface area contributed by atoms with Gasteiger partial charge in [-0.2, -0.15) is 5.10 Å². The lowest BCUT2D eigenvalue weighted by molar-refractivity contribution is -0.138. The molecule has 2 aromatic rings. The molecule has 0 radical (unpaired) electrons. The quantitative estimate of drug-likeness (QED) is 0.926. The van der Waals surface area contributed by atoms with E-state index in [0.29, 0.717) is 11.6 Å². The Morgan fingerprint density at radius 1 is 1.20 bits per heavy atom. The first-order chi connectivity index (χ1) is 9.31. The van der Waals surface area contributed by atoms with Crippen LogP contribution in [0.4, 0.5) is 0 Å². The van der Waals surface area contributed by atoms with E-state index in [1.807, 2.05) is 26.8 Å². The average Bonchev–Trinajstić information content (AvgIpc) is 2.62. The van der Waals surface area contributed by atoms with Crippen LogP contribution in [-0.2, 0) is 4.79 Å². The summed E-state index contributed by atoms with van der Waals surface area (Å²) in [4.78, 5) is 19.9. The van der Waals surface area contributed by atoms with Gasteiger partial charge in [0.05, 0.1) is 11.6 Å². The van der Waals surface area contributed by atoms with E-state index in [2.05, 4.69) is 15.1 Å². The van der Waals surface area contributed by atoms with Gasteiger partial charge in [-0.1, -0.05) is 0 Å². The van der Waals surface area contributed by atoms with E-state index in [1.165, 1.54) is 0 Å². The van der Waals surface area contributed by atoms with E-state index < -0.39 is 11.9 Å². The number of carbonyl (C=O) groups is 1. The predicted octanol–water partition coefficient (Wildman–Crippen LogP) is 2.08. The van der Waals surface area contributed by atoms with Gasteiger partial charge < -0.3 is 5.11 Å². The minimum Gasteiger partial charge on any atom is -0.481 e. The topological polar surface area (TPSA) is 80.9 Å². The summed E-state index contributed by atoms with van der Waals surface area (Å²) in [6.45, 7) is 9.10. The van der Waals surface area contributed by atoms with Gasteiger partial charge in [0.2, 0.25) is 0 Å². The second-order valence-corrected chi connectivity index (χ2v) is 5.01. The average molecular weight is 274 g/mol. The Hall–Kier alpha value is -2.24. The van der Waals surface area contributed by atoms with E-state index in [0.717, 1.165) is 22.6 Å². The third-order valence-corrected chi connectivity index (χ3v) is 3.31. The number of rotatable bonds is 3. The molecule has 6 heteroatoms. The minimum atomic E-state index is -0.864. The molecule has 0 aromatic carbocycles. The van der Waals surface area contributed by atoms with Crippen molar-refractivity contribution in [2.75, 3.05) is 0 Å². The van der Waals surface area contributed by atoms with Crippen LogP contribution in [0.1, 0.15) is 41.2 Å². The van der Waals surface area contributed by atoms with Gasteiger partial charge in [-0.05, 0) is 40.7 Å². The lowest BCUT2D eigenvalue weighted by atomic mass is 9.99. The Morgan fingerprint density at radius 3 is 2.25 bits per heavy atom. The largest absolute Gasteiger partial charge is 0.481 e. The fourth-order valence-electron chi connectivity index (χ4n) is 2.40. The van der Waals surface area contributed by atoms with Crippen LogP contribution >= 0.6 is 0 Å². The summed E-state index contributed by atoms with van der Waals surface area (Å²) < 4.78 is 1.62. The molecule has 2 rings (SSSR count). The summed E-state index contributed by atoms with van der Waals surface area (Å²) in [7, 11) is 0. The molecule has 0 aliphatic rings. The second-order valence-electron chi connectivity index (χ2n) is 5.01. The normalized spacial score (nSPS) is 12.4. The van der Waals surface area contributed by atoms with Crippen molar-refractivity contribution in [3.63, 3.8) is 0 Å². The van der Waals surface area contributed by atoms with Gasteiger partial charge in [-0.15, -0.1) is 0 Å². The Morgan fingerprint density at radius 2 is 1.75 bits per heavy atom. The van der Waals surface area contributed by atoms with Crippen molar-refractivity contribution in [2.24, 2.45) is 0 Å². The van der Waals surface area contributed by atoms with Crippen molar-refractivity contribution in [3.05, 3.63) is 34.4 Å². The molecule has 0 fully saturated rings. The molecule has 0 saturated carbocycles. The van der Waals surface area contributed by atoms with Crippen LogP contribution in [0.25, 0.3) is 5.95 Å². The smallest absolute Gasteiger partial charge is 0.310 e. The first kappa shape index (κ1) is 14.2. The molecule has 0 bridgehead atoms. The van der Waals surface area contributed by atoms with Crippen LogP contribution in [0.15, 0.2) is 6.07 Å². The summed E-state index contributed by atoms with van der Waals surface area (Å²) in [6.07, 6.45) is 0. The van der Waals surface area contributed by atoms with Crippen LogP contribution in [0.5, 0.6) is 0 Å². The van der Waals surface area contributed by atoms with E-state index in [-0.39, 0.29) is 0 Å². The summed E-state index contributed by atoms with van der Waals surface area (Å²) in [5.41, 5.74) is 3.89. The first-order valence-corrected chi connectivity index (χ1v) is 6.43. The van der Waals surface area contributed by atoms with Crippen LogP contribution in [0.3, 0.4) is 0 Å². The van der Waals surface area contributed by atoms with Gasteiger partial charge >= 0.3 is 5.97 Å². The highest BCUT2D eigenvalue weighted by atomic mass is 16.4. The Labute approximate surface area is 117 Å². The van der Waals surface area contributed by atoms with Crippen molar-refractivity contribution in [1.29, 1.82) is 0 Å². The van der Waals surface area contributed by atoms with Crippen molar-refractivity contribution in [3.8, 4) is 5.95 Å². The molecule has 0 spiro atoms. The number of hydrogen-bond donors (Lipinski definition) is 1. The SMILES string of the molecule is Cc1cc(C)nc(-n2nc(C)c(C(C)C(=O)O)c2C)n1. The first-order valence-electron chi connectivity index (χ1n) is 6.43. The molecule has 0 saturated heterocycles. The molecule has 1 N–H and O–H groups in total. The standard InChI is InChI=1S/C14H18N4O2/c1-7-6-8(2)16-14(15-7)18-11(5)12(10(4)17-18)9(3)13(19)20/h6,9H,1-5H3,(H,19,20). The molecule has 0 aliphatic heterocycles. The maximum Gasteiger partial charge on any atom is 0.310 e. The zero-order valence-electron chi connectivity index (χ0n) is 12.3. The van der Waals surface area contributed by atoms with Crippen LogP contribution in [-0.4, -0.2) is 30.8 Å². The number of hydrogen-bond acceptors (Lipinski definition) is 4. The lowest BCUT2D eigenvalue weighted by Gasteiger charge is -2.08. The van der Waals surface area contributed by atoms with E-state index in [4.69, 9.17) is 0 Å². The monoisotopic (exact) mass is 274 g/mol. The fourth-order valence-corrected chi connectivity index (χ4v) is 2.40. The number of aryl methyl sites for hydroxylation is 3. The molecule has 6 nitrogen and oxygen atoms in total. The zero-order valence-corrected chi connectivity index (χ0v) is 12.3. The number of carboxylic acids is 1.